The minimum Gasteiger partial charge on any atom is -0.352 e. The molecule has 0 saturated carbocycles. The van der Waals surface area contributed by atoms with Crippen molar-refractivity contribution in [2.75, 3.05) is 6.54 Å². The van der Waals surface area contributed by atoms with Crippen LogP contribution in [-0.4, -0.2) is 12.5 Å². The molecule has 0 saturated heterocycles. The van der Waals surface area contributed by atoms with Gasteiger partial charge in [0.1, 0.15) is 0 Å². The summed E-state index contributed by atoms with van der Waals surface area (Å²) < 4.78 is 0. The summed E-state index contributed by atoms with van der Waals surface area (Å²) in [7, 11) is 0. The number of hydrogen-bond donors (Lipinski definition) is 1. The van der Waals surface area contributed by atoms with Crippen molar-refractivity contribution in [1.29, 1.82) is 0 Å². The standard InChI is InChI=1S/C18H15NO/c1-13-4-2-3-5-15(13)8-6-14-7-9-17-16(12-14)10-11-19-18(17)20/h2-5,7,9,12H,10-11H2,1H3,(H,19,20). The Labute approximate surface area is 118 Å². The summed E-state index contributed by atoms with van der Waals surface area (Å²) in [6.45, 7) is 2.77. The summed E-state index contributed by atoms with van der Waals surface area (Å²) in [6.07, 6.45) is 0.876. The number of carbonyl (C=O) groups excluding carboxylic acids is 1. The number of hydrogen-bond acceptors (Lipinski definition) is 1. The SMILES string of the molecule is Cc1ccccc1C#Cc1ccc2c(c1)CCNC2=O. The van der Waals surface area contributed by atoms with E-state index in [0.29, 0.717) is 6.54 Å². The van der Waals surface area contributed by atoms with E-state index >= 15 is 0 Å². The lowest BCUT2D eigenvalue weighted by Gasteiger charge is -2.16. The van der Waals surface area contributed by atoms with Gasteiger partial charge in [0.15, 0.2) is 0 Å². The third-order valence-corrected chi connectivity index (χ3v) is 3.52. The van der Waals surface area contributed by atoms with Crippen molar-refractivity contribution >= 4 is 5.91 Å². The summed E-state index contributed by atoms with van der Waals surface area (Å²) in [4.78, 5) is 11.7. The second-order valence-corrected chi connectivity index (χ2v) is 4.94. The van der Waals surface area contributed by atoms with Gasteiger partial charge < -0.3 is 5.32 Å². The van der Waals surface area contributed by atoms with E-state index < -0.39 is 0 Å². The molecule has 20 heavy (non-hydrogen) atoms. The van der Waals surface area contributed by atoms with Gasteiger partial charge in [-0.05, 0) is 48.7 Å². The molecule has 98 valence electrons. The smallest absolute Gasteiger partial charge is 0.251 e. The summed E-state index contributed by atoms with van der Waals surface area (Å²) in [5, 5.41) is 2.85. The maximum Gasteiger partial charge on any atom is 0.251 e. The van der Waals surface area contributed by atoms with Crippen LogP contribution in [0.2, 0.25) is 0 Å². The van der Waals surface area contributed by atoms with Crippen molar-refractivity contribution in [3.63, 3.8) is 0 Å². The first kappa shape index (κ1) is 12.5. The van der Waals surface area contributed by atoms with E-state index in [4.69, 9.17) is 0 Å². The Kier molecular flexibility index (Phi) is 3.26. The third kappa shape index (κ3) is 2.44. The number of aryl methyl sites for hydroxylation is 1. The lowest BCUT2D eigenvalue weighted by Crippen LogP contribution is -2.31. The summed E-state index contributed by atoms with van der Waals surface area (Å²) >= 11 is 0. The van der Waals surface area contributed by atoms with Crippen LogP contribution in [0, 0.1) is 18.8 Å². The monoisotopic (exact) mass is 261 g/mol. The average Bonchev–Trinajstić information content (AvgIpc) is 2.46. The van der Waals surface area contributed by atoms with Crippen LogP contribution in [0.1, 0.15) is 32.6 Å². The van der Waals surface area contributed by atoms with Gasteiger partial charge in [-0.3, -0.25) is 4.79 Å². The Morgan fingerprint density at radius 2 is 1.95 bits per heavy atom. The molecule has 0 spiro atoms. The normalized spacial score (nSPS) is 12.9. The highest BCUT2D eigenvalue weighted by molar-refractivity contribution is 5.96. The van der Waals surface area contributed by atoms with Gasteiger partial charge in [-0.25, -0.2) is 0 Å². The van der Waals surface area contributed by atoms with E-state index in [-0.39, 0.29) is 5.91 Å². The van der Waals surface area contributed by atoms with E-state index in [2.05, 4.69) is 30.1 Å². The lowest BCUT2D eigenvalue weighted by molar-refractivity contribution is 0.0946. The van der Waals surface area contributed by atoms with Crippen LogP contribution in [0.25, 0.3) is 0 Å². The lowest BCUT2D eigenvalue weighted by atomic mass is 9.98. The fourth-order valence-corrected chi connectivity index (χ4v) is 2.36. The Hall–Kier alpha value is -2.53. The minimum atomic E-state index is 0.0182. The van der Waals surface area contributed by atoms with Gasteiger partial charge >= 0.3 is 0 Å². The number of nitrogens with one attached hydrogen (secondary N) is 1. The number of fused-ring (bicyclic) bond motifs is 1. The number of benzene rings is 2. The second kappa shape index (κ2) is 5.22. The van der Waals surface area contributed by atoms with Gasteiger partial charge in [0.05, 0.1) is 0 Å². The molecule has 1 amide bonds. The molecule has 1 aliphatic heterocycles. The van der Waals surface area contributed by atoms with E-state index in [1.54, 1.807) is 0 Å². The Morgan fingerprint density at radius 3 is 2.80 bits per heavy atom. The highest BCUT2D eigenvalue weighted by Crippen LogP contribution is 2.15. The zero-order chi connectivity index (χ0) is 13.9. The minimum absolute atomic E-state index is 0.0182. The first-order valence-corrected chi connectivity index (χ1v) is 6.73. The van der Waals surface area contributed by atoms with E-state index in [0.717, 1.165) is 28.7 Å². The van der Waals surface area contributed by atoms with Crippen LogP contribution in [0.4, 0.5) is 0 Å². The molecule has 0 aromatic heterocycles. The van der Waals surface area contributed by atoms with E-state index in [9.17, 15) is 4.79 Å². The molecule has 0 fully saturated rings. The van der Waals surface area contributed by atoms with Crippen LogP contribution in [0.3, 0.4) is 0 Å². The van der Waals surface area contributed by atoms with Crippen LogP contribution in [0.5, 0.6) is 0 Å². The molecule has 0 unspecified atom stereocenters. The van der Waals surface area contributed by atoms with Gasteiger partial charge in [-0.15, -0.1) is 0 Å². The van der Waals surface area contributed by atoms with E-state index in [1.807, 2.05) is 36.4 Å². The van der Waals surface area contributed by atoms with Crippen molar-refractivity contribution in [2.45, 2.75) is 13.3 Å². The molecule has 1 aliphatic rings. The van der Waals surface area contributed by atoms with Gasteiger partial charge in [-0.2, -0.15) is 0 Å². The summed E-state index contributed by atoms with van der Waals surface area (Å²) in [6, 6.07) is 13.9. The number of rotatable bonds is 0. The largest absolute Gasteiger partial charge is 0.352 e. The molecule has 0 radical (unpaired) electrons. The van der Waals surface area contributed by atoms with Crippen molar-refractivity contribution in [3.05, 3.63) is 70.3 Å². The molecule has 2 heteroatoms. The predicted octanol–water partition coefficient (Wildman–Crippen LogP) is 2.68. The van der Waals surface area contributed by atoms with Gasteiger partial charge in [0.2, 0.25) is 0 Å². The molecule has 2 aromatic rings. The maximum atomic E-state index is 11.7. The third-order valence-electron chi connectivity index (χ3n) is 3.52. The van der Waals surface area contributed by atoms with Crippen LogP contribution in [0.15, 0.2) is 42.5 Å². The first-order chi connectivity index (χ1) is 9.74. The van der Waals surface area contributed by atoms with Crippen molar-refractivity contribution in [2.24, 2.45) is 0 Å². The van der Waals surface area contributed by atoms with Crippen molar-refractivity contribution < 1.29 is 4.79 Å². The highest BCUT2D eigenvalue weighted by atomic mass is 16.1. The Balaban J connectivity index is 1.94. The first-order valence-electron chi connectivity index (χ1n) is 6.73. The maximum absolute atomic E-state index is 11.7. The molecule has 0 bridgehead atoms. The fourth-order valence-electron chi connectivity index (χ4n) is 2.36. The summed E-state index contributed by atoms with van der Waals surface area (Å²) in [5.41, 5.74) is 5.05. The Morgan fingerprint density at radius 1 is 1.10 bits per heavy atom. The predicted molar refractivity (Wildman–Crippen MR) is 79.6 cm³/mol. The van der Waals surface area contributed by atoms with Gasteiger partial charge in [0.25, 0.3) is 5.91 Å². The second-order valence-electron chi connectivity index (χ2n) is 4.94. The molecule has 1 N–H and O–H groups in total. The molecule has 2 nitrogen and oxygen atoms in total. The van der Waals surface area contributed by atoms with Gasteiger partial charge in [0, 0.05) is 23.2 Å². The van der Waals surface area contributed by atoms with E-state index in [1.165, 1.54) is 5.56 Å². The topological polar surface area (TPSA) is 29.1 Å². The molecule has 2 aromatic carbocycles. The zero-order valence-corrected chi connectivity index (χ0v) is 11.4. The van der Waals surface area contributed by atoms with Crippen LogP contribution >= 0.6 is 0 Å². The van der Waals surface area contributed by atoms with Crippen molar-refractivity contribution in [1.82, 2.24) is 5.32 Å². The number of carbonyl (C=O) groups is 1. The molecular weight excluding hydrogens is 246 g/mol. The summed E-state index contributed by atoms with van der Waals surface area (Å²) in [5.74, 6) is 6.40. The quantitative estimate of drug-likeness (QED) is 0.726. The van der Waals surface area contributed by atoms with Crippen molar-refractivity contribution in [3.8, 4) is 11.8 Å². The average molecular weight is 261 g/mol. The molecular formula is C18H15NO. The fraction of sp³-hybridized carbons (Fsp3) is 0.167. The van der Waals surface area contributed by atoms with Crippen LogP contribution in [-0.2, 0) is 6.42 Å². The molecule has 3 rings (SSSR count). The Bertz CT molecular complexity index is 735. The molecule has 0 aliphatic carbocycles. The van der Waals surface area contributed by atoms with Crippen LogP contribution < -0.4 is 5.32 Å². The zero-order valence-electron chi connectivity index (χ0n) is 11.4. The number of amides is 1. The molecule has 1 heterocycles. The van der Waals surface area contributed by atoms with Gasteiger partial charge in [-0.1, -0.05) is 30.0 Å². The highest BCUT2D eigenvalue weighted by Gasteiger charge is 2.15. The molecule has 0 atom stereocenters.